The van der Waals surface area contributed by atoms with Crippen LogP contribution in [0.15, 0.2) is 30.6 Å². The second-order valence-corrected chi connectivity index (χ2v) is 8.73. The molecule has 0 atom stereocenters. The van der Waals surface area contributed by atoms with Gasteiger partial charge in [0.05, 0.1) is 11.1 Å². The minimum absolute atomic E-state index is 0.0646. The van der Waals surface area contributed by atoms with Crippen molar-refractivity contribution in [3.8, 4) is 5.82 Å². The molecule has 1 aliphatic heterocycles. The summed E-state index contributed by atoms with van der Waals surface area (Å²) in [5.74, 6) is -0.156. The molecule has 184 valence electrons. The number of carbonyl (C=O) groups excluding carboxylic acids is 1. The molecule has 1 saturated carbocycles. The van der Waals surface area contributed by atoms with Crippen LogP contribution in [0, 0.1) is 12.7 Å². The van der Waals surface area contributed by atoms with Crippen LogP contribution in [0.5, 0.6) is 0 Å². The summed E-state index contributed by atoms with van der Waals surface area (Å²) in [7, 11) is 0. The number of pyridine rings is 2. The molecule has 0 bridgehead atoms. The first kappa shape index (κ1) is 23.1. The predicted molar refractivity (Wildman–Crippen MR) is 115 cm³/mol. The summed E-state index contributed by atoms with van der Waals surface area (Å²) in [5, 5.41) is 11.3. The Morgan fingerprint density at radius 1 is 1.06 bits per heavy atom. The van der Waals surface area contributed by atoms with Crippen LogP contribution in [0.1, 0.15) is 47.4 Å². The number of aryl methyl sites for hydroxylation is 1. The molecular weight excluding hydrogens is 468 g/mol. The molecule has 1 saturated heterocycles. The average Bonchev–Trinajstić information content (AvgIpc) is 3.58. The molecule has 5 rings (SSSR count). The van der Waals surface area contributed by atoms with Gasteiger partial charge in [0.25, 0.3) is 5.91 Å². The molecule has 0 unspecified atom stereocenters. The van der Waals surface area contributed by atoms with E-state index < -0.39 is 17.6 Å². The predicted octanol–water partition coefficient (Wildman–Crippen LogP) is 3.19. The van der Waals surface area contributed by atoms with Gasteiger partial charge in [-0.3, -0.25) is 4.79 Å². The fourth-order valence-corrected chi connectivity index (χ4v) is 4.39. The fourth-order valence-electron chi connectivity index (χ4n) is 4.39. The SMILES string of the molecule is Cc1nnnn1-c1ccc(C(=O)N(C2CC2)C2CCN(c3ncc(C(F)(F)F)cc3F)CC2)cn1. The molecule has 3 aromatic rings. The number of alkyl halides is 3. The standard InChI is InChI=1S/C22H22F4N8O/c1-13-29-30-31-34(13)19-5-2-14(11-27-19)21(35)33(16-3-4-16)17-6-8-32(9-7-17)20-18(23)10-15(12-28-20)22(24,25)26/h2,5,10-12,16-17H,3-4,6-9H2,1H3. The quantitative estimate of drug-likeness (QED) is 0.507. The number of piperidine rings is 1. The Kier molecular flexibility index (Phi) is 5.85. The van der Waals surface area contributed by atoms with Crippen LogP contribution in [0.4, 0.5) is 23.4 Å². The number of amides is 1. The maximum atomic E-state index is 14.4. The summed E-state index contributed by atoms with van der Waals surface area (Å²) in [5.41, 5.74) is -0.668. The van der Waals surface area contributed by atoms with Gasteiger partial charge in [-0.1, -0.05) is 0 Å². The van der Waals surface area contributed by atoms with E-state index in [0.717, 1.165) is 12.8 Å². The Bertz CT molecular complexity index is 1220. The van der Waals surface area contributed by atoms with Crippen molar-refractivity contribution >= 4 is 11.7 Å². The fraction of sp³-hybridized carbons (Fsp3) is 0.455. The Labute approximate surface area is 197 Å². The van der Waals surface area contributed by atoms with E-state index in [2.05, 4.69) is 25.5 Å². The molecule has 35 heavy (non-hydrogen) atoms. The van der Waals surface area contributed by atoms with E-state index in [1.807, 2.05) is 4.90 Å². The van der Waals surface area contributed by atoms with Gasteiger partial charge in [-0.05, 0) is 61.2 Å². The van der Waals surface area contributed by atoms with Crippen molar-refractivity contribution in [3.05, 3.63) is 53.4 Å². The minimum atomic E-state index is -4.65. The molecular formula is C22H22F4N8O. The highest BCUT2D eigenvalue weighted by Gasteiger charge is 2.39. The highest BCUT2D eigenvalue weighted by Crippen LogP contribution is 2.35. The molecule has 9 nitrogen and oxygen atoms in total. The first-order valence-electron chi connectivity index (χ1n) is 11.2. The number of hydrogen-bond donors (Lipinski definition) is 0. The molecule has 1 amide bonds. The molecule has 2 aliphatic rings. The second kappa shape index (κ2) is 8.86. The largest absolute Gasteiger partial charge is 0.417 e. The van der Waals surface area contributed by atoms with E-state index in [4.69, 9.17) is 0 Å². The molecule has 3 aromatic heterocycles. The second-order valence-electron chi connectivity index (χ2n) is 8.73. The lowest BCUT2D eigenvalue weighted by Gasteiger charge is -2.39. The van der Waals surface area contributed by atoms with Crippen molar-refractivity contribution in [3.63, 3.8) is 0 Å². The smallest absolute Gasteiger partial charge is 0.354 e. The maximum absolute atomic E-state index is 14.4. The van der Waals surface area contributed by atoms with E-state index in [-0.39, 0.29) is 23.8 Å². The number of carbonyl (C=O) groups is 1. The zero-order valence-corrected chi connectivity index (χ0v) is 18.8. The summed E-state index contributed by atoms with van der Waals surface area (Å²) in [4.78, 5) is 24.9. The van der Waals surface area contributed by atoms with Crippen LogP contribution in [-0.4, -0.2) is 66.2 Å². The number of hydrogen-bond acceptors (Lipinski definition) is 7. The van der Waals surface area contributed by atoms with Crippen molar-refractivity contribution in [2.45, 2.75) is 50.9 Å². The van der Waals surface area contributed by atoms with Gasteiger partial charge in [-0.15, -0.1) is 5.10 Å². The summed E-state index contributed by atoms with van der Waals surface area (Å²) in [6.45, 7) is 2.51. The lowest BCUT2D eigenvalue weighted by molar-refractivity contribution is -0.138. The van der Waals surface area contributed by atoms with Gasteiger partial charge in [-0.25, -0.2) is 14.4 Å². The third-order valence-corrected chi connectivity index (χ3v) is 6.32. The third-order valence-electron chi connectivity index (χ3n) is 6.32. The Hall–Kier alpha value is -3.64. The number of anilines is 1. The van der Waals surface area contributed by atoms with Gasteiger partial charge < -0.3 is 9.80 Å². The van der Waals surface area contributed by atoms with Crippen LogP contribution in [0.25, 0.3) is 5.82 Å². The van der Waals surface area contributed by atoms with E-state index in [1.54, 1.807) is 24.0 Å². The van der Waals surface area contributed by atoms with Crippen molar-refractivity contribution < 1.29 is 22.4 Å². The van der Waals surface area contributed by atoms with E-state index in [0.29, 0.717) is 55.4 Å². The summed E-state index contributed by atoms with van der Waals surface area (Å²) in [6.07, 6.45) is 0.442. The number of aromatic nitrogens is 6. The number of rotatable bonds is 5. The van der Waals surface area contributed by atoms with Crippen molar-refractivity contribution in [1.82, 2.24) is 35.1 Å². The van der Waals surface area contributed by atoms with E-state index >= 15 is 0 Å². The Morgan fingerprint density at radius 2 is 1.77 bits per heavy atom. The molecule has 2 fully saturated rings. The molecule has 13 heteroatoms. The number of nitrogens with zero attached hydrogens (tertiary/aromatic N) is 8. The van der Waals surface area contributed by atoms with Crippen LogP contribution < -0.4 is 4.90 Å². The van der Waals surface area contributed by atoms with Gasteiger partial charge in [-0.2, -0.15) is 17.9 Å². The number of tetrazole rings is 1. The zero-order chi connectivity index (χ0) is 24.7. The summed E-state index contributed by atoms with van der Waals surface area (Å²) >= 11 is 0. The summed E-state index contributed by atoms with van der Waals surface area (Å²) in [6, 6.07) is 3.93. The third kappa shape index (κ3) is 4.66. The van der Waals surface area contributed by atoms with Crippen LogP contribution in [-0.2, 0) is 6.18 Å². The minimum Gasteiger partial charge on any atom is -0.354 e. The van der Waals surface area contributed by atoms with Crippen LogP contribution in [0.3, 0.4) is 0 Å². The van der Waals surface area contributed by atoms with Gasteiger partial charge in [0.1, 0.15) is 0 Å². The Balaban J connectivity index is 1.27. The average molecular weight is 490 g/mol. The summed E-state index contributed by atoms with van der Waals surface area (Å²) < 4.78 is 54.3. The van der Waals surface area contributed by atoms with Crippen LogP contribution in [0.2, 0.25) is 0 Å². The van der Waals surface area contributed by atoms with Crippen LogP contribution >= 0.6 is 0 Å². The molecule has 0 radical (unpaired) electrons. The van der Waals surface area contributed by atoms with E-state index in [9.17, 15) is 22.4 Å². The van der Waals surface area contributed by atoms with Crippen molar-refractivity contribution in [2.75, 3.05) is 18.0 Å². The van der Waals surface area contributed by atoms with Crippen molar-refractivity contribution in [2.24, 2.45) is 0 Å². The first-order chi connectivity index (χ1) is 16.7. The molecule has 1 aliphatic carbocycles. The number of halogens is 4. The molecule has 0 N–H and O–H groups in total. The van der Waals surface area contributed by atoms with Gasteiger partial charge in [0, 0.05) is 37.6 Å². The van der Waals surface area contributed by atoms with Gasteiger partial charge in [0.2, 0.25) is 0 Å². The normalized spacial score (nSPS) is 17.0. The topological polar surface area (TPSA) is 92.9 Å². The molecule has 0 aromatic carbocycles. The Morgan fingerprint density at radius 3 is 2.31 bits per heavy atom. The molecule has 4 heterocycles. The lowest BCUT2D eigenvalue weighted by Crippen LogP contribution is -2.48. The van der Waals surface area contributed by atoms with Crippen molar-refractivity contribution in [1.29, 1.82) is 0 Å². The monoisotopic (exact) mass is 490 g/mol. The van der Waals surface area contributed by atoms with Gasteiger partial charge >= 0.3 is 6.18 Å². The maximum Gasteiger partial charge on any atom is 0.417 e. The zero-order valence-electron chi connectivity index (χ0n) is 18.8. The molecule has 0 spiro atoms. The lowest BCUT2D eigenvalue weighted by atomic mass is 10.0. The van der Waals surface area contributed by atoms with Gasteiger partial charge in [0.15, 0.2) is 23.3 Å². The first-order valence-corrected chi connectivity index (χ1v) is 11.2. The highest BCUT2D eigenvalue weighted by molar-refractivity contribution is 5.94. The van der Waals surface area contributed by atoms with E-state index in [1.165, 1.54) is 10.9 Å². The highest BCUT2D eigenvalue weighted by atomic mass is 19.4.